The van der Waals surface area contributed by atoms with Crippen LogP contribution in [0.15, 0.2) is 0 Å². The summed E-state index contributed by atoms with van der Waals surface area (Å²) in [5.74, 6) is 6.07. The third-order valence-corrected chi connectivity index (χ3v) is 3.63. The van der Waals surface area contributed by atoms with E-state index in [9.17, 15) is 0 Å². The van der Waals surface area contributed by atoms with Crippen LogP contribution in [0.2, 0.25) is 0 Å². The number of rotatable bonds is 5. The molecule has 0 spiro atoms. The molecule has 0 radical (unpaired) electrons. The fourth-order valence-electron chi connectivity index (χ4n) is 2.39. The smallest absolute Gasteiger partial charge is 0.0587 e. The third-order valence-electron chi connectivity index (χ3n) is 3.63. The van der Waals surface area contributed by atoms with E-state index in [1.807, 2.05) is 0 Å². The molecule has 1 saturated heterocycles. The van der Waals surface area contributed by atoms with Gasteiger partial charge in [-0.05, 0) is 44.3 Å². The number of hydrogen-bond donors (Lipinski definition) is 3. The first-order valence-corrected chi connectivity index (χ1v) is 5.89. The van der Waals surface area contributed by atoms with Crippen LogP contribution in [-0.4, -0.2) is 38.3 Å². The molecule has 1 heterocycles. The van der Waals surface area contributed by atoms with Crippen LogP contribution in [0.3, 0.4) is 0 Å². The third kappa shape index (κ3) is 4.07. The molecule has 1 aliphatic rings. The molecule has 0 aromatic heterocycles. The van der Waals surface area contributed by atoms with Gasteiger partial charge in [-0.3, -0.25) is 5.84 Å². The second-order valence-electron chi connectivity index (χ2n) is 5.37. The van der Waals surface area contributed by atoms with Crippen LogP contribution in [0.5, 0.6) is 0 Å². The largest absolute Gasteiger partial charge is 0.306 e. The van der Waals surface area contributed by atoms with Gasteiger partial charge in [0.2, 0.25) is 0 Å². The number of hydrogen-bond acceptors (Lipinski definition) is 4. The molecular formula is C11H26N4. The fourth-order valence-corrected chi connectivity index (χ4v) is 2.39. The lowest BCUT2D eigenvalue weighted by Crippen LogP contribution is -2.44. The number of likely N-dealkylation sites (tertiary alicyclic amines) is 1. The first-order valence-electron chi connectivity index (χ1n) is 5.89. The predicted molar refractivity (Wildman–Crippen MR) is 64.2 cm³/mol. The van der Waals surface area contributed by atoms with E-state index in [0.717, 1.165) is 12.5 Å². The van der Waals surface area contributed by atoms with Crippen molar-refractivity contribution in [3.8, 4) is 0 Å². The second kappa shape index (κ2) is 5.80. The lowest BCUT2D eigenvalue weighted by molar-refractivity contribution is 0.113. The Kier molecular flexibility index (Phi) is 4.99. The molecule has 0 unspecified atom stereocenters. The van der Waals surface area contributed by atoms with Crippen LogP contribution in [0.25, 0.3) is 0 Å². The molecule has 1 rings (SSSR count). The zero-order chi connectivity index (χ0) is 11.3. The van der Waals surface area contributed by atoms with Crippen molar-refractivity contribution >= 4 is 0 Å². The molecule has 0 aromatic carbocycles. The van der Waals surface area contributed by atoms with E-state index in [1.165, 1.54) is 25.9 Å². The molecular weight excluding hydrogens is 188 g/mol. The quantitative estimate of drug-likeness (QED) is 0.268. The maximum atomic E-state index is 5.24. The van der Waals surface area contributed by atoms with Crippen LogP contribution in [0.1, 0.15) is 26.7 Å². The minimum absolute atomic E-state index is 0.373. The maximum absolute atomic E-state index is 5.24. The van der Waals surface area contributed by atoms with Crippen molar-refractivity contribution in [2.75, 3.05) is 33.4 Å². The highest BCUT2D eigenvalue weighted by Crippen LogP contribution is 2.33. The van der Waals surface area contributed by atoms with Crippen LogP contribution < -0.4 is 16.6 Å². The summed E-state index contributed by atoms with van der Waals surface area (Å²) < 4.78 is 0. The number of piperidine rings is 1. The topological polar surface area (TPSA) is 53.3 Å². The van der Waals surface area contributed by atoms with E-state index < -0.39 is 0 Å². The Morgan fingerprint density at radius 1 is 1.33 bits per heavy atom. The van der Waals surface area contributed by atoms with Crippen LogP contribution in [0, 0.1) is 11.3 Å². The molecule has 90 valence electrons. The summed E-state index contributed by atoms with van der Waals surface area (Å²) in [5, 5.41) is 3.33. The highest BCUT2D eigenvalue weighted by atomic mass is 15.3. The Labute approximate surface area is 93.6 Å². The average molecular weight is 214 g/mol. The number of nitrogens with one attached hydrogen (secondary N) is 2. The van der Waals surface area contributed by atoms with Gasteiger partial charge in [-0.15, -0.1) is 0 Å². The molecule has 0 bridgehead atoms. The highest BCUT2D eigenvalue weighted by Gasteiger charge is 2.31. The lowest BCUT2D eigenvalue weighted by Gasteiger charge is -2.39. The molecule has 4 heteroatoms. The summed E-state index contributed by atoms with van der Waals surface area (Å²) in [7, 11) is 2.21. The fraction of sp³-hybridized carbons (Fsp3) is 1.00. The molecule has 4 N–H and O–H groups in total. The Hall–Kier alpha value is -0.160. The summed E-state index contributed by atoms with van der Waals surface area (Å²) in [5.41, 5.74) is 3.00. The summed E-state index contributed by atoms with van der Waals surface area (Å²) in [6.45, 7) is 8.91. The Bertz CT molecular complexity index is 173. The monoisotopic (exact) mass is 214 g/mol. The molecule has 0 atom stereocenters. The molecule has 15 heavy (non-hydrogen) atoms. The molecule has 0 saturated carbocycles. The van der Waals surface area contributed by atoms with E-state index in [2.05, 4.69) is 36.5 Å². The Morgan fingerprint density at radius 3 is 2.47 bits per heavy atom. The zero-order valence-electron chi connectivity index (χ0n) is 10.3. The van der Waals surface area contributed by atoms with Crippen LogP contribution >= 0.6 is 0 Å². The van der Waals surface area contributed by atoms with Gasteiger partial charge in [-0.25, -0.2) is 5.43 Å². The molecule has 4 nitrogen and oxygen atoms in total. The molecule has 0 aliphatic carbocycles. The van der Waals surface area contributed by atoms with Crippen molar-refractivity contribution in [2.45, 2.75) is 26.7 Å². The van der Waals surface area contributed by atoms with Gasteiger partial charge in [0, 0.05) is 6.54 Å². The number of hydrazine groups is 1. The summed E-state index contributed by atoms with van der Waals surface area (Å²) in [6, 6.07) is 0. The number of nitrogens with zero attached hydrogens (tertiary/aromatic N) is 1. The van der Waals surface area contributed by atoms with E-state index in [1.54, 1.807) is 0 Å². The molecule has 1 fully saturated rings. The van der Waals surface area contributed by atoms with Gasteiger partial charge in [0.25, 0.3) is 0 Å². The minimum atomic E-state index is 0.373. The van der Waals surface area contributed by atoms with Crippen molar-refractivity contribution in [3.63, 3.8) is 0 Å². The summed E-state index contributed by atoms with van der Waals surface area (Å²) in [4.78, 5) is 2.42. The van der Waals surface area contributed by atoms with Gasteiger partial charge in [-0.1, -0.05) is 13.8 Å². The summed E-state index contributed by atoms with van der Waals surface area (Å²) in [6.07, 6.45) is 2.64. The second-order valence-corrected chi connectivity index (χ2v) is 5.37. The highest BCUT2D eigenvalue weighted by molar-refractivity contribution is 4.84. The SMILES string of the molecule is CN1CCC(C(C)(C)CNCNN)CC1. The van der Waals surface area contributed by atoms with Crippen molar-refractivity contribution in [2.24, 2.45) is 17.2 Å². The van der Waals surface area contributed by atoms with Crippen LogP contribution in [-0.2, 0) is 0 Å². The Balaban J connectivity index is 2.32. The summed E-state index contributed by atoms with van der Waals surface area (Å²) >= 11 is 0. The van der Waals surface area contributed by atoms with Crippen molar-refractivity contribution in [1.82, 2.24) is 15.6 Å². The van der Waals surface area contributed by atoms with Crippen molar-refractivity contribution < 1.29 is 0 Å². The molecule has 0 amide bonds. The standard InChI is InChI=1S/C11H26N4/c1-11(2,8-13-9-14-12)10-4-6-15(3)7-5-10/h10,13-14H,4-9,12H2,1-3H3. The first kappa shape index (κ1) is 12.9. The van der Waals surface area contributed by atoms with E-state index in [4.69, 9.17) is 5.84 Å². The minimum Gasteiger partial charge on any atom is -0.306 e. The van der Waals surface area contributed by atoms with Crippen molar-refractivity contribution in [1.29, 1.82) is 0 Å². The van der Waals surface area contributed by atoms with Crippen molar-refractivity contribution in [3.05, 3.63) is 0 Å². The predicted octanol–water partition coefficient (Wildman–Crippen LogP) is 0.365. The van der Waals surface area contributed by atoms with Gasteiger partial charge in [0.15, 0.2) is 0 Å². The van der Waals surface area contributed by atoms with Gasteiger partial charge in [0.1, 0.15) is 0 Å². The Morgan fingerprint density at radius 2 is 1.93 bits per heavy atom. The van der Waals surface area contributed by atoms with E-state index in [0.29, 0.717) is 12.1 Å². The van der Waals surface area contributed by atoms with Gasteiger partial charge < -0.3 is 10.2 Å². The number of nitrogens with two attached hydrogens (primary N) is 1. The van der Waals surface area contributed by atoms with E-state index in [-0.39, 0.29) is 0 Å². The lowest BCUT2D eigenvalue weighted by atomic mass is 9.73. The van der Waals surface area contributed by atoms with Gasteiger partial charge >= 0.3 is 0 Å². The normalized spacial score (nSPS) is 20.8. The molecule has 1 aliphatic heterocycles. The zero-order valence-corrected chi connectivity index (χ0v) is 10.3. The first-order chi connectivity index (χ1) is 7.06. The average Bonchev–Trinajstić information content (AvgIpc) is 2.18. The van der Waals surface area contributed by atoms with E-state index >= 15 is 0 Å². The molecule has 0 aromatic rings. The van der Waals surface area contributed by atoms with Gasteiger partial charge in [-0.2, -0.15) is 0 Å². The maximum Gasteiger partial charge on any atom is 0.0587 e. The van der Waals surface area contributed by atoms with Crippen LogP contribution in [0.4, 0.5) is 0 Å². The van der Waals surface area contributed by atoms with Gasteiger partial charge in [0.05, 0.1) is 6.67 Å².